The molecule has 0 aromatic rings. The Bertz CT molecular complexity index is 933. The molecule has 0 saturated heterocycles. The lowest BCUT2D eigenvalue weighted by Gasteiger charge is -2.58. The van der Waals surface area contributed by atoms with Crippen LogP contribution in [0, 0.1) is 52.3 Å². The molecule has 0 radical (unpaired) electrons. The van der Waals surface area contributed by atoms with Gasteiger partial charge in [-0.05, 0) is 142 Å². The minimum Gasteiger partial charge on any atom is -0.401 e. The van der Waals surface area contributed by atoms with Crippen LogP contribution in [0.3, 0.4) is 0 Å². The number of hydrogen-bond acceptors (Lipinski definition) is 3. The molecule has 214 valence electrons. The van der Waals surface area contributed by atoms with Crippen LogP contribution in [-0.2, 0) is 0 Å². The molecule has 9 unspecified atom stereocenters. The number of fused-ring (bicyclic) bond motifs is 6. The highest BCUT2D eigenvalue weighted by molar-refractivity contribution is 5.27. The molecule has 38 heavy (non-hydrogen) atoms. The highest BCUT2D eigenvalue weighted by Gasteiger charge is 2.58. The summed E-state index contributed by atoms with van der Waals surface area (Å²) in [7, 11) is 0. The summed E-state index contributed by atoms with van der Waals surface area (Å²) in [4.78, 5) is 0. The molecule has 0 aromatic heterocycles. The summed E-state index contributed by atoms with van der Waals surface area (Å²) in [6.45, 7) is 10.1. The number of hydrogen-bond donors (Lipinski definition) is 2. The molecular weight excluding hydrogens is 462 g/mol. The third-order valence-electron chi connectivity index (χ3n) is 13.5. The van der Waals surface area contributed by atoms with E-state index in [1.165, 1.54) is 102 Å². The zero-order chi connectivity index (χ0) is 26.7. The SMILES string of the molecule is CC(C)CCCCC1CCC2C3CC=C4CC(N(N)/C5=C(\N)CCC6CC6CC5)CCC4(C)C3CCC12C. The molecule has 3 nitrogen and oxygen atoms in total. The van der Waals surface area contributed by atoms with Crippen molar-refractivity contribution in [2.24, 2.45) is 63.8 Å². The normalized spacial score (nSPS) is 46.3. The molecule has 4 N–H and O–H groups in total. The first-order valence-electron chi connectivity index (χ1n) is 16.9. The number of unbranched alkanes of at least 4 members (excludes halogenated alkanes) is 1. The van der Waals surface area contributed by atoms with Gasteiger partial charge in [0, 0.05) is 17.4 Å². The van der Waals surface area contributed by atoms with Gasteiger partial charge in [-0.15, -0.1) is 0 Å². The molecule has 3 heteroatoms. The van der Waals surface area contributed by atoms with Gasteiger partial charge in [0.1, 0.15) is 0 Å². The number of nitrogens with two attached hydrogens (primary N) is 2. The molecule has 0 heterocycles. The fourth-order valence-corrected chi connectivity index (χ4v) is 10.9. The van der Waals surface area contributed by atoms with E-state index in [0.29, 0.717) is 16.9 Å². The van der Waals surface area contributed by atoms with Crippen molar-refractivity contribution in [2.75, 3.05) is 0 Å². The van der Waals surface area contributed by atoms with E-state index in [9.17, 15) is 0 Å². The van der Waals surface area contributed by atoms with Crippen molar-refractivity contribution >= 4 is 0 Å². The Balaban J connectivity index is 1.12. The van der Waals surface area contributed by atoms with Crippen molar-refractivity contribution in [1.29, 1.82) is 0 Å². The Morgan fingerprint density at radius 3 is 2.53 bits per heavy atom. The van der Waals surface area contributed by atoms with E-state index >= 15 is 0 Å². The summed E-state index contributed by atoms with van der Waals surface area (Å²) < 4.78 is 0. The Hall–Kier alpha value is -0.960. The van der Waals surface area contributed by atoms with Crippen molar-refractivity contribution in [3.63, 3.8) is 0 Å². The van der Waals surface area contributed by atoms with Crippen LogP contribution in [0.15, 0.2) is 23.0 Å². The fraction of sp³-hybridized carbons (Fsp3) is 0.886. The second-order valence-corrected chi connectivity index (χ2v) is 15.9. The topological polar surface area (TPSA) is 55.3 Å². The fourth-order valence-electron chi connectivity index (χ4n) is 10.9. The lowest BCUT2D eigenvalue weighted by molar-refractivity contribution is -0.0471. The van der Waals surface area contributed by atoms with Gasteiger partial charge >= 0.3 is 0 Å². The molecule has 4 saturated carbocycles. The van der Waals surface area contributed by atoms with Crippen LogP contribution >= 0.6 is 0 Å². The minimum absolute atomic E-state index is 0.402. The van der Waals surface area contributed by atoms with Gasteiger partial charge in [-0.3, -0.25) is 0 Å². The lowest BCUT2D eigenvalue weighted by atomic mass is 9.47. The molecule has 0 aromatic carbocycles. The Morgan fingerprint density at radius 2 is 1.74 bits per heavy atom. The molecule has 6 aliphatic rings. The standard InChI is InChI=1S/C35H59N3/c1-23(2)7-5-6-8-26-12-14-30-29-13-11-27-22-28(17-19-35(27,4)31(29)18-20-34(26,30)3)38(37)33-16-10-25-21-24(25)9-15-32(33)36/h11,23-26,28-31H,5-10,12-22,36-37H2,1-4H3/b33-32-. The van der Waals surface area contributed by atoms with Crippen molar-refractivity contribution in [3.8, 4) is 0 Å². The molecular formula is C35H59N3. The number of rotatable bonds is 7. The summed E-state index contributed by atoms with van der Waals surface area (Å²) in [5.74, 6) is 13.4. The summed E-state index contributed by atoms with van der Waals surface area (Å²) >= 11 is 0. The Morgan fingerprint density at radius 1 is 0.947 bits per heavy atom. The first-order chi connectivity index (χ1) is 18.2. The lowest BCUT2D eigenvalue weighted by Crippen LogP contribution is -2.52. The van der Waals surface area contributed by atoms with Crippen LogP contribution in [-0.4, -0.2) is 11.1 Å². The first kappa shape index (κ1) is 27.2. The van der Waals surface area contributed by atoms with Gasteiger partial charge < -0.3 is 10.7 Å². The quantitative estimate of drug-likeness (QED) is 0.152. The van der Waals surface area contributed by atoms with E-state index in [1.54, 1.807) is 5.57 Å². The van der Waals surface area contributed by atoms with E-state index in [4.69, 9.17) is 11.6 Å². The van der Waals surface area contributed by atoms with Crippen molar-refractivity contribution in [3.05, 3.63) is 23.0 Å². The van der Waals surface area contributed by atoms with Crippen LogP contribution in [0.5, 0.6) is 0 Å². The summed E-state index contributed by atoms with van der Waals surface area (Å²) in [6, 6.07) is 0.435. The summed E-state index contributed by atoms with van der Waals surface area (Å²) in [5, 5.41) is 2.17. The monoisotopic (exact) mass is 521 g/mol. The highest BCUT2D eigenvalue weighted by Crippen LogP contribution is 2.67. The molecule has 6 aliphatic carbocycles. The third-order valence-corrected chi connectivity index (χ3v) is 13.5. The zero-order valence-corrected chi connectivity index (χ0v) is 25.3. The number of hydrazine groups is 1. The maximum atomic E-state index is 6.93. The second kappa shape index (κ2) is 10.5. The van der Waals surface area contributed by atoms with Crippen molar-refractivity contribution in [1.82, 2.24) is 5.01 Å². The van der Waals surface area contributed by atoms with Crippen LogP contribution in [0.1, 0.15) is 137 Å². The average Bonchev–Trinajstić information content (AvgIpc) is 3.53. The molecule has 6 rings (SSSR count). The van der Waals surface area contributed by atoms with Crippen LogP contribution < -0.4 is 11.6 Å². The maximum Gasteiger partial charge on any atom is 0.0487 e. The predicted molar refractivity (Wildman–Crippen MR) is 160 cm³/mol. The van der Waals surface area contributed by atoms with E-state index in [1.807, 2.05) is 0 Å². The van der Waals surface area contributed by atoms with E-state index in [-0.39, 0.29) is 0 Å². The Labute approximate surface area is 234 Å². The van der Waals surface area contributed by atoms with Gasteiger partial charge in [-0.1, -0.05) is 58.6 Å². The third kappa shape index (κ3) is 4.79. The van der Waals surface area contributed by atoms with E-state index in [0.717, 1.165) is 60.0 Å². The van der Waals surface area contributed by atoms with Gasteiger partial charge in [-0.25, -0.2) is 5.84 Å². The van der Waals surface area contributed by atoms with Gasteiger partial charge in [0.25, 0.3) is 0 Å². The highest BCUT2D eigenvalue weighted by atomic mass is 15.4. The number of allylic oxidation sites excluding steroid dienone is 3. The van der Waals surface area contributed by atoms with Crippen LogP contribution in [0.25, 0.3) is 0 Å². The van der Waals surface area contributed by atoms with Crippen LogP contribution in [0.4, 0.5) is 0 Å². The molecule has 0 bridgehead atoms. The predicted octanol–water partition coefficient (Wildman–Crippen LogP) is 8.71. The van der Waals surface area contributed by atoms with Crippen LogP contribution in [0.2, 0.25) is 0 Å². The average molecular weight is 522 g/mol. The summed E-state index contributed by atoms with van der Waals surface area (Å²) in [6.07, 6.45) is 25.7. The maximum absolute atomic E-state index is 6.93. The molecule has 4 fully saturated rings. The van der Waals surface area contributed by atoms with E-state index < -0.39 is 0 Å². The molecule has 9 atom stereocenters. The second-order valence-electron chi connectivity index (χ2n) is 15.9. The molecule has 0 amide bonds. The molecule has 0 spiro atoms. The van der Waals surface area contributed by atoms with Gasteiger partial charge in [0.2, 0.25) is 0 Å². The number of nitrogens with zero attached hydrogens (tertiary/aromatic N) is 1. The van der Waals surface area contributed by atoms with Gasteiger partial charge in [0.05, 0.1) is 0 Å². The Kier molecular flexibility index (Phi) is 7.49. The van der Waals surface area contributed by atoms with Crippen molar-refractivity contribution < 1.29 is 0 Å². The molecule has 0 aliphatic heterocycles. The van der Waals surface area contributed by atoms with Gasteiger partial charge in [-0.2, -0.15) is 0 Å². The first-order valence-corrected chi connectivity index (χ1v) is 16.9. The van der Waals surface area contributed by atoms with E-state index in [2.05, 4.69) is 38.8 Å². The minimum atomic E-state index is 0.402. The summed E-state index contributed by atoms with van der Waals surface area (Å²) in [5.41, 5.74) is 11.8. The smallest absolute Gasteiger partial charge is 0.0487 e. The zero-order valence-electron chi connectivity index (χ0n) is 25.3. The van der Waals surface area contributed by atoms with Crippen molar-refractivity contribution in [2.45, 2.75) is 143 Å². The van der Waals surface area contributed by atoms with Gasteiger partial charge in [0.15, 0.2) is 0 Å². The largest absolute Gasteiger partial charge is 0.401 e.